The molecule has 2 heterocycles. The van der Waals surface area contributed by atoms with E-state index in [9.17, 15) is 4.79 Å². The summed E-state index contributed by atoms with van der Waals surface area (Å²) in [6.45, 7) is 8.04. The number of amides is 1. The van der Waals surface area contributed by atoms with E-state index in [4.69, 9.17) is 11.5 Å². The highest BCUT2D eigenvalue weighted by molar-refractivity contribution is 5.78. The minimum Gasteiger partial charge on any atom is -0.370 e. The lowest BCUT2D eigenvalue weighted by molar-refractivity contribution is -0.127. The van der Waals surface area contributed by atoms with E-state index in [1.165, 1.54) is 25.7 Å². The predicted molar refractivity (Wildman–Crippen MR) is 118 cm³/mol. The molecule has 2 aliphatic heterocycles. The summed E-state index contributed by atoms with van der Waals surface area (Å²) >= 11 is 0. The van der Waals surface area contributed by atoms with Gasteiger partial charge in [0.25, 0.3) is 0 Å². The van der Waals surface area contributed by atoms with E-state index in [0.29, 0.717) is 42.3 Å². The Hall–Kier alpha value is -1.34. The molecule has 0 bridgehead atoms. The molecule has 7 atom stereocenters. The summed E-state index contributed by atoms with van der Waals surface area (Å²) in [5.74, 6) is 2.74. The van der Waals surface area contributed by atoms with E-state index in [1.807, 2.05) is 0 Å². The number of nitrogens with zero attached hydrogens (tertiary/aromatic N) is 1. The van der Waals surface area contributed by atoms with Gasteiger partial charge in [-0.1, -0.05) is 0 Å². The maximum atomic E-state index is 13.1. The first-order valence-electron chi connectivity index (χ1n) is 11.7. The number of rotatable bonds is 6. The van der Waals surface area contributed by atoms with E-state index in [2.05, 4.69) is 34.8 Å². The molecule has 1 amide bonds. The van der Waals surface area contributed by atoms with Gasteiger partial charge in [0.2, 0.25) is 5.91 Å². The zero-order valence-corrected chi connectivity index (χ0v) is 18.3. The van der Waals surface area contributed by atoms with Gasteiger partial charge in [-0.25, -0.2) is 0 Å². The fourth-order valence-electron chi connectivity index (χ4n) is 5.69. The van der Waals surface area contributed by atoms with Gasteiger partial charge in [-0.3, -0.25) is 9.79 Å². The molecule has 7 unspecified atom stereocenters. The van der Waals surface area contributed by atoms with E-state index < -0.39 is 0 Å². The van der Waals surface area contributed by atoms with Crippen molar-refractivity contribution in [1.29, 1.82) is 0 Å². The zero-order chi connectivity index (χ0) is 20.8. The summed E-state index contributed by atoms with van der Waals surface area (Å²) in [5, 5.41) is 10.4. The monoisotopic (exact) mass is 406 g/mol. The fraction of sp³-hybridized carbons (Fsp3) is 0.909. The summed E-state index contributed by atoms with van der Waals surface area (Å²) in [5.41, 5.74) is 11.1. The minimum atomic E-state index is 0.0913. The second-order valence-electron chi connectivity index (χ2n) is 9.93. The molecule has 166 valence electrons. The van der Waals surface area contributed by atoms with Crippen LogP contribution in [0.25, 0.3) is 0 Å². The topological polar surface area (TPSA) is 118 Å². The van der Waals surface area contributed by atoms with Crippen LogP contribution in [0.2, 0.25) is 0 Å². The van der Waals surface area contributed by atoms with Crippen LogP contribution in [-0.4, -0.2) is 50.1 Å². The number of nitrogens with one attached hydrogen (secondary N) is 3. The largest absolute Gasteiger partial charge is 0.370 e. The molecule has 0 radical (unpaired) electrons. The summed E-state index contributed by atoms with van der Waals surface area (Å²) in [7, 11) is 0. The average molecular weight is 407 g/mol. The Labute approximate surface area is 176 Å². The molecule has 0 aromatic heterocycles. The van der Waals surface area contributed by atoms with E-state index in [-0.39, 0.29) is 17.8 Å². The van der Waals surface area contributed by atoms with Crippen molar-refractivity contribution in [2.24, 2.45) is 46.0 Å². The Bertz CT molecular complexity index is 556. The zero-order valence-electron chi connectivity index (χ0n) is 18.3. The first kappa shape index (κ1) is 22.3. The van der Waals surface area contributed by atoms with Crippen LogP contribution in [0.5, 0.6) is 0 Å². The number of hydrogen-bond acceptors (Lipinski definition) is 4. The van der Waals surface area contributed by atoms with Crippen molar-refractivity contribution in [2.45, 2.75) is 70.9 Å². The van der Waals surface area contributed by atoms with Gasteiger partial charge in [0.05, 0.1) is 0 Å². The fourth-order valence-corrected chi connectivity index (χ4v) is 5.69. The summed E-state index contributed by atoms with van der Waals surface area (Å²) in [6, 6.07) is 1.17. The third-order valence-corrected chi connectivity index (χ3v) is 7.40. The Morgan fingerprint density at radius 3 is 2.48 bits per heavy atom. The quantitative estimate of drug-likeness (QED) is 0.335. The van der Waals surface area contributed by atoms with Crippen molar-refractivity contribution in [3.63, 3.8) is 0 Å². The minimum absolute atomic E-state index is 0.0913. The van der Waals surface area contributed by atoms with Crippen LogP contribution in [0.1, 0.15) is 58.8 Å². The second kappa shape index (κ2) is 10.6. The van der Waals surface area contributed by atoms with Gasteiger partial charge in [0.15, 0.2) is 5.96 Å². The standard InChI is InChI=1S/C22H42N6O/c1-14-3-4-16(11-26-14)12-27-21(29)20-9-17(13-28-22(23)24)8-19(10-20)18-5-6-25-15(2)7-18/h14-20,25-26H,3-13H2,1-2H3,(H,27,29)(H4,23,24,28). The molecule has 0 aromatic carbocycles. The van der Waals surface area contributed by atoms with Crippen LogP contribution in [0, 0.1) is 29.6 Å². The normalized spacial score (nSPS) is 38.2. The molecule has 3 fully saturated rings. The number of nitrogens with two attached hydrogens (primary N) is 2. The maximum absolute atomic E-state index is 13.1. The van der Waals surface area contributed by atoms with Crippen molar-refractivity contribution in [3.05, 3.63) is 0 Å². The van der Waals surface area contributed by atoms with Crippen LogP contribution in [0.3, 0.4) is 0 Å². The molecule has 3 aliphatic rings. The Balaban J connectivity index is 1.57. The summed E-state index contributed by atoms with van der Waals surface area (Å²) in [4.78, 5) is 17.3. The lowest BCUT2D eigenvalue weighted by atomic mass is 9.67. The van der Waals surface area contributed by atoms with E-state index >= 15 is 0 Å². The number of carbonyl (C=O) groups excluding carboxylic acids is 1. The van der Waals surface area contributed by atoms with E-state index in [1.54, 1.807) is 0 Å². The van der Waals surface area contributed by atoms with Gasteiger partial charge in [0, 0.05) is 31.1 Å². The molecule has 29 heavy (non-hydrogen) atoms. The molecule has 2 saturated heterocycles. The molecule has 7 N–H and O–H groups in total. The van der Waals surface area contributed by atoms with E-state index in [0.717, 1.165) is 38.9 Å². The Morgan fingerprint density at radius 2 is 1.79 bits per heavy atom. The molecule has 1 saturated carbocycles. The highest BCUT2D eigenvalue weighted by Crippen LogP contribution is 2.41. The Kier molecular flexibility index (Phi) is 8.18. The molecule has 0 spiro atoms. The third-order valence-electron chi connectivity index (χ3n) is 7.40. The highest BCUT2D eigenvalue weighted by Gasteiger charge is 2.37. The van der Waals surface area contributed by atoms with Crippen molar-refractivity contribution in [3.8, 4) is 0 Å². The average Bonchev–Trinajstić information content (AvgIpc) is 2.71. The smallest absolute Gasteiger partial charge is 0.223 e. The molecular weight excluding hydrogens is 364 g/mol. The predicted octanol–water partition coefficient (Wildman–Crippen LogP) is 1.18. The van der Waals surface area contributed by atoms with Crippen LogP contribution in [0.4, 0.5) is 0 Å². The van der Waals surface area contributed by atoms with Crippen molar-refractivity contribution < 1.29 is 4.79 Å². The first-order chi connectivity index (χ1) is 13.9. The molecule has 0 aromatic rings. The lowest BCUT2D eigenvalue weighted by Crippen LogP contribution is -2.45. The van der Waals surface area contributed by atoms with Gasteiger partial charge < -0.3 is 27.4 Å². The number of guanidine groups is 1. The SMILES string of the molecule is CC1CCC(CNC(=O)C2CC(CN=C(N)N)CC(C3CCNC(C)C3)C2)CN1. The number of carbonyl (C=O) groups is 1. The van der Waals surface area contributed by atoms with Crippen molar-refractivity contribution in [1.82, 2.24) is 16.0 Å². The van der Waals surface area contributed by atoms with Crippen molar-refractivity contribution >= 4 is 11.9 Å². The summed E-state index contributed by atoms with van der Waals surface area (Å²) in [6.07, 6.45) is 7.87. The van der Waals surface area contributed by atoms with Crippen LogP contribution in [0.15, 0.2) is 4.99 Å². The Morgan fingerprint density at radius 1 is 0.966 bits per heavy atom. The summed E-state index contributed by atoms with van der Waals surface area (Å²) < 4.78 is 0. The number of aliphatic imine (C=N–C) groups is 1. The molecule has 7 heteroatoms. The molecule has 3 rings (SSSR count). The maximum Gasteiger partial charge on any atom is 0.223 e. The van der Waals surface area contributed by atoms with Crippen LogP contribution < -0.4 is 27.4 Å². The number of piperidine rings is 2. The van der Waals surface area contributed by atoms with Crippen LogP contribution >= 0.6 is 0 Å². The number of hydrogen-bond donors (Lipinski definition) is 5. The van der Waals surface area contributed by atoms with Gasteiger partial charge in [-0.05, 0) is 95.6 Å². The second-order valence-corrected chi connectivity index (χ2v) is 9.93. The van der Waals surface area contributed by atoms with Crippen molar-refractivity contribution in [2.75, 3.05) is 26.2 Å². The first-order valence-corrected chi connectivity index (χ1v) is 11.7. The highest BCUT2D eigenvalue weighted by atomic mass is 16.1. The molecular formula is C22H42N6O. The van der Waals surface area contributed by atoms with Gasteiger partial charge >= 0.3 is 0 Å². The molecule has 7 nitrogen and oxygen atoms in total. The van der Waals surface area contributed by atoms with Crippen LogP contribution in [-0.2, 0) is 4.79 Å². The van der Waals surface area contributed by atoms with Gasteiger partial charge in [0.1, 0.15) is 0 Å². The third kappa shape index (κ3) is 6.85. The lowest BCUT2D eigenvalue weighted by Gasteiger charge is -2.41. The van der Waals surface area contributed by atoms with Gasteiger partial charge in [-0.15, -0.1) is 0 Å². The molecule has 1 aliphatic carbocycles. The van der Waals surface area contributed by atoms with Gasteiger partial charge in [-0.2, -0.15) is 0 Å².